The van der Waals surface area contributed by atoms with Crippen LogP contribution in [0.3, 0.4) is 0 Å². The Labute approximate surface area is 148 Å². The standard InChI is InChI=1S/C19H15NO4S/c1-12-4-6-13(7-5-12)18-17(19(22)23)15(11-25-18)20-16(21)9-8-14-3-2-10-24-14/h2-11H,1H3,(H,20,21)(H,22,23)/b9-8+. The van der Waals surface area contributed by atoms with Crippen LogP contribution in [0.2, 0.25) is 0 Å². The molecule has 3 rings (SSSR count). The van der Waals surface area contributed by atoms with E-state index in [1.807, 2.05) is 31.2 Å². The van der Waals surface area contributed by atoms with Gasteiger partial charge in [-0.05, 0) is 30.7 Å². The molecule has 2 heterocycles. The van der Waals surface area contributed by atoms with Crippen LogP contribution in [-0.4, -0.2) is 17.0 Å². The first-order valence-electron chi connectivity index (χ1n) is 7.49. The third kappa shape index (κ3) is 3.87. The Kier molecular flexibility index (Phi) is 4.81. The van der Waals surface area contributed by atoms with Crippen molar-refractivity contribution in [1.29, 1.82) is 0 Å². The minimum absolute atomic E-state index is 0.0913. The molecule has 0 unspecified atom stereocenters. The van der Waals surface area contributed by atoms with Crippen molar-refractivity contribution in [3.05, 3.63) is 71.0 Å². The smallest absolute Gasteiger partial charge is 0.339 e. The summed E-state index contributed by atoms with van der Waals surface area (Å²) in [7, 11) is 0. The van der Waals surface area contributed by atoms with E-state index in [1.165, 1.54) is 29.8 Å². The van der Waals surface area contributed by atoms with Crippen molar-refractivity contribution < 1.29 is 19.1 Å². The fourth-order valence-corrected chi connectivity index (χ4v) is 3.30. The molecule has 2 aromatic heterocycles. The molecule has 0 aliphatic heterocycles. The van der Waals surface area contributed by atoms with Crippen LogP contribution < -0.4 is 5.32 Å². The number of carbonyl (C=O) groups is 2. The van der Waals surface area contributed by atoms with Crippen molar-refractivity contribution in [3.8, 4) is 10.4 Å². The molecule has 1 aromatic carbocycles. The number of amides is 1. The first kappa shape index (κ1) is 16.7. The van der Waals surface area contributed by atoms with E-state index in [0.29, 0.717) is 10.6 Å². The van der Waals surface area contributed by atoms with Gasteiger partial charge in [-0.3, -0.25) is 4.79 Å². The number of carboxylic acid groups (broad SMARTS) is 1. The largest absolute Gasteiger partial charge is 0.478 e. The summed E-state index contributed by atoms with van der Waals surface area (Å²) in [5.74, 6) is -0.964. The van der Waals surface area contributed by atoms with E-state index >= 15 is 0 Å². The summed E-state index contributed by atoms with van der Waals surface area (Å²) in [6.07, 6.45) is 4.32. The summed E-state index contributed by atoms with van der Waals surface area (Å²) >= 11 is 1.28. The summed E-state index contributed by atoms with van der Waals surface area (Å²) in [5.41, 5.74) is 2.27. The Hall–Kier alpha value is -3.12. The molecule has 0 aliphatic carbocycles. The van der Waals surface area contributed by atoms with Crippen LogP contribution in [0.25, 0.3) is 16.5 Å². The molecule has 25 heavy (non-hydrogen) atoms. The van der Waals surface area contributed by atoms with Gasteiger partial charge in [0.05, 0.1) is 16.8 Å². The van der Waals surface area contributed by atoms with Crippen molar-refractivity contribution in [2.75, 3.05) is 5.32 Å². The molecule has 6 heteroatoms. The quantitative estimate of drug-likeness (QED) is 0.654. The van der Waals surface area contributed by atoms with E-state index in [2.05, 4.69) is 5.32 Å². The molecule has 1 amide bonds. The molecule has 3 aromatic rings. The highest BCUT2D eigenvalue weighted by Crippen LogP contribution is 2.36. The predicted octanol–water partition coefficient (Wildman–Crippen LogP) is 4.67. The number of furan rings is 1. The van der Waals surface area contributed by atoms with Gasteiger partial charge in [-0.2, -0.15) is 0 Å². The molecule has 2 N–H and O–H groups in total. The van der Waals surface area contributed by atoms with Crippen LogP contribution in [0.5, 0.6) is 0 Å². The summed E-state index contributed by atoms with van der Waals surface area (Å²) in [6.45, 7) is 1.97. The van der Waals surface area contributed by atoms with Crippen molar-refractivity contribution in [2.24, 2.45) is 0 Å². The molecular formula is C19H15NO4S. The summed E-state index contributed by atoms with van der Waals surface area (Å²) < 4.78 is 5.11. The van der Waals surface area contributed by atoms with Gasteiger partial charge in [-0.15, -0.1) is 11.3 Å². The van der Waals surface area contributed by atoms with E-state index in [4.69, 9.17) is 4.42 Å². The van der Waals surface area contributed by atoms with Gasteiger partial charge in [0.1, 0.15) is 11.3 Å². The maximum absolute atomic E-state index is 12.0. The fourth-order valence-electron chi connectivity index (χ4n) is 2.30. The molecule has 0 aliphatic rings. The second kappa shape index (κ2) is 7.19. The van der Waals surface area contributed by atoms with Gasteiger partial charge in [0, 0.05) is 11.5 Å². The maximum atomic E-state index is 12.0. The first-order valence-corrected chi connectivity index (χ1v) is 8.37. The summed E-state index contributed by atoms with van der Waals surface area (Å²) in [6, 6.07) is 11.0. The van der Waals surface area contributed by atoms with E-state index in [0.717, 1.165) is 11.1 Å². The molecule has 0 bridgehead atoms. The minimum atomic E-state index is -1.08. The Morgan fingerprint density at radius 3 is 2.60 bits per heavy atom. The highest BCUT2D eigenvalue weighted by Gasteiger charge is 2.20. The number of aryl methyl sites for hydroxylation is 1. The number of thiophene rings is 1. The van der Waals surface area contributed by atoms with Crippen LogP contribution in [0, 0.1) is 6.92 Å². The Bertz CT molecular complexity index is 921. The zero-order valence-corrected chi connectivity index (χ0v) is 14.2. The summed E-state index contributed by atoms with van der Waals surface area (Å²) in [4.78, 5) is 24.3. The number of hydrogen-bond acceptors (Lipinski definition) is 4. The second-order valence-electron chi connectivity index (χ2n) is 5.36. The molecule has 0 spiro atoms. The molecule has 126 valence electrons. The van der Waals surface area contributed by atoms with Gasteiger partial charge in [-0.25, -0.2) is 4.79 Å². The van der Waals surface area contributed by atoms with E-state index in [1.54, 1.807) is 17.5 Å². The molecule has 0 radical (unpaired) electrons. The highest BCUT2D eigenvalue weighted by molar-refractivity contribution is 7.14. The second-order valence-corrected chi connectivity index (χ2v) is 6.24. The van der Waals surface area contributed by atoms with Gasteiger partial charge in [0.25, 0.3) is 0 Å². The number of aromatic carboxylic acids is 1. The van der Waals surface area contributed by atoms with Crippen LogP contribution >= 0.6 is 11.3 Å². The average Bonchev–Trinajstić information content (AvgIpc) is 3.23. The van der Waals surface area contributed by atoms with Crippen molar-refractivity contribution >= 4 is 35.0 Å². The summed E-state index contributed by atoms with van der Waals surface area (Å²) in [5, 5.41) is 13.8. The minimum Gasteiger partial charge on any atom is -0.478 e. The number of carbonyl (C=O) groups excluding carboxylic acids is 1. The zero-order chi connectivity index (χ0) is 17.8. The fraction of sp³-hybridized carbons (Fsp3) is 0.0526. The van der Waals surface area contributed by atoms with Gasteiger partial charge in [-0.1, -0.05) is 29.8 Å². The van der Waals surface area contributed by atoms with E-state index in [9.17, 15) is 14.7 Å². The topological polar surface area (TPSA) is 79.5 Å². The number of hydrogen-bond donors (Lipinski definition) is 2. The molecule has 0 fully saturated rings. The van der Waals surface area contributed by atoms with Crippen LogP contribution in [0.1, 0.15) is 21.7 Å². The highest BCUT2D eigenvalue weighted by atomic mass is 32.1. The third-order valence-electron chi connectivity index (χ3n) is 3.52. The first-order chi connectivity index (χ1) is 12.0. The Balaban J connectivity index is 1.85. The average molecular weight is 353 g/mol. The van der Waals surface area contributed by atoms with E-state index < -0.39 is 11.9 Å². The van der Waals surface area contributed by atoms with Gasteiger partial charge < -0.3 is 14.8 Å². The van der Waals surface area contributed by atoms with Crippen molar-refractivity contribution in [1.82, 2.24) is 0 Å². The molecular weight excluding hydrogens is 338 g/mol. The van der Waals surface area contributed by atoms with Crippen LogP contribution in [0.4, 0.5) is 5.69 Å². The number of anilines is 1. The predicted molar refractivity (Wildman–Crippen MR) is 97.8 cm³/mol. The lowest BCUT2D eigenvalue weighted by molar-refractivity contribution is -0.111. The number of nitrogens with one attached hydrogen (secondary N) is 1. The maximum Gasteiger partial charge on any atom is 0.339 e. The Morgan fingerprint density at radius 2 is 1.96 bits per heavy atom. The van der Waals surface area contributed by atoms with Crippen molar-refractivity contribution in [3.63, 3.8) is 0 Å². The number of rotatable bonds is 5. The number of carboxylic acids is 1. The normalized spacial score (nSPS) is 10.9. The van der Waals surface area contributed by atoms with E-state index in [-0.39, 0.29) is 11.3 Å². The van der Waals surface area contributed by atoms with Gasteiger partial charge in [0.2, 0.25) is 5.91 Å². The SMILES string of the molecule is Cc1ccc(-c2scc(NC(=O)/C=C/c3ccco3)c2C(=O)O)cc1. The number of benzene rings is 1. The van der Waals surface area contributed by atoms with Crippen molar-refractivity contribution in [2.45, 2.75) is 6.92 Å². The lowest BCUT2D eigenvalue weighted by atomic mass is 10.1. The van der Waals surface area contributed by atoms with Crippen LogP contribution in [-0.2, 0) is 4.79 Å². The lowest BCUT2D eigenvalue weighted by Gasteiger charge is -2.04. The molecule has 0 atom stereocenters. The Morgan fingerprint density at radius 1 is 1.20 bits per heavy atom. The van der Waals surface area contributed by atoms with Gasteiger partial charge in [0.15, 0.2) is 0 Å². The molecule has 5 nitrogen and oxygen atoms in total. The lowest BCUT2D eigenvalue weighted by Crippen LogP contribution is -2.10. The van der Waals surface area contributed by atoms with Crippen LogP contribution in [0.15, 0.2) is 58.5 Å². The monoisotopic (exact) mass is 353 g/mol. The zero-order valence-electron chi connectivity index (χ0n) is 13.4. The van der Waals surface area contributed by atoms with Gasteiger partial charge >= 0.3 is 5.97 Å². The third-order valence-corrected chi connectivity index (χ3v) is 4.55. The molecule has 0 saturated carbocycles. The molecule has 0 saturated heterocycles.